The zero-order valence-corrected chi connectivity index (χ0v) is 6.33. The Balaban J connectivity index is 3.24. The van der Waals surface area contributed by atoms with E-state index in [0.29, 0.717) is 12.8 Å². The number of primary amides is 1. The summed E-state index contributed by atoms with van der Waals surface area (Å²) in [6.45, 7) is 1.45. The SMILES string of the molecule is CCCC(=O)OCOC(N)=O. The Morgan fingerprint density at radius 2 is 2.00 bits per heavy atom. The van der Waals surface area contributed by atoms with Gasteiger partial charge in [-0.2, -0.15) is 0 Å². The molecule has 0 aromatic heterocycles. The fraction of sp³-hybridized carbons (Fsp3) is 0.667. The molecule has 2 N–H and O–H groups in total. The lowest BCUT2D eigenvalue weighted by Crippen LogP contribution is -2.17. The van der Waals surface area contributed by atoms with Crippen LogP contribution in [0.2, 0.25) is 0 Å². The first-order chi connectivity index (χ1) is 5.16. The van der Waals surface area contributed by atoms with E-state index in [2.05, 4.69) is 15.2 Å². The van der Waals surface area contributed by atoms with Gasteiger partial charge in [0, 0.05) is 6.42 Å². The highest BCUT2D eigenvalue weighted by Crippen LogP contribution is 1.90. The molecule has 64 valence electrons. The fourth-order valence-electron chi connectivity index (χ4n) is 0.430. The van der Waals surface area contributed by atoms with Crippen molar-refractivity contribution < 1.29 is 19.1 Å². The van der Waals surface area contributed by atoms with Gasteiger partial charge in [-0.3, -0.25) is 4.79 Å². The number of hydrogen-bond acceptors (Lipinski definition) is 4. The molecule has 0 fully saturated rings. The molecule has 0 unspecified atom stereocenters. The van der Waals surface area contributed by atoms with Crippen LogP contribution in [0.3, 0.4) is 0 Å². The van der Waals surface area contributed by atoms with Crippen molar-refractivity contribution in [3.05, 3.63) is 0 Å². The van der Waals surface area contributed by atoms with Gasteiger partial charge in [0.2, 0.25) is 6.79 Å². The van der Waals surface area contributed by atoms with Gasteiger partial charge in [0.25, 0.3) is 0 Å². The third kappa shape index (κ3) is 6.63. The summed E-state index contributed by atoms with van der Waals surface area (Å²) in [4.78, 5) is 20.5. The molecule has 5 heteroatoms. The Morgan fingerprint density at radius 1 is 1.36 bits per heavy atom. The predicted octanol–water partition coefficient (Wildman–Crippen LogP) is 0.383. The second-order valence-electron chi connectivity index (χ2n) is 1.85. The average Bonchev–Trinajstić information content (AvgIpc) is 1.87. The predicted molar refractivity (Wildman–Crippen MR) is 36.5 cm³/mol. The number of nitrogens with two attached hydrogens (primary N) is 1. The minimum atomic E-state index is -0.950. The molecule has 0 spiro atoms. The van der Waals surface area contributed by atoms with E-state index in [1.807, 2.05) is 6.92 Å². The molecule has 5 nitrogen and oxygen atoms in total. The lowest BCUT2D eigenvalue weighted by atomic mass is 10.3. The van der Waals surface area contributed by atoms with Crippen LogP contribution >= 0.6 is 0 Å². The maximum Gasteiger partial charge on any atom is 0.407 e. The molecule has 0 heterocycles. The standard InChI is InChI=1S/C6H11NO4/c1-2-3-5(8)10-4-11-6(7)9/h2-4H2,1H3,(H2,7,9). The van der Waals surface area contributed by atoms with Crippen molar-refractivity contribution in [2.24, 2.45) is 5.73 Å². The molecule has 0 aromatic rings. The van der Waals surface area contributed by atoms with Crippen molar-refractivity contribution in [1.29, 1.82) is 0 Å². The average molecular weight is 161 g/mol. The number of esters is 1. The third-order valence-electron chi connectivity index (χ3n) is 0.875. The van der Waals surface area contributed by atoms with E-state index in [4.69, 9.17) is 0 Å². The molecule has 0 aliphatic heterocycles. The summed E-state index contributed by atoms with van der Waals surface area (Å²) in [6, 6.07) is 0. The highest BCUT2D eigenvalue weighted by atomic mass is 16.7. The summed E-state index contributed by atoms with van der Waals surface area (Å²) in [7, 11) is 0. The summed E-state index contributed by atoms with van der Waals surface area (Å²) in [5.41, 5.74) is 4.60. The topological polar surface area (TPSA) is 78.6 Å². The molecule has 0 rings (SSSR count). The van der Waals surface area contributed by atoms with Crippen LogP contribution in [0.5, 0.6) is 0 Å². The monoisotopic (exact) mass is 161 g/mol. The van der Waals surface area contributed by atoms with Crippen LogP contribution in [0.1, 0.15) is 19.8 Å². The number of amides is 1. The van der Waals surface area contributed by atoms with E-state index >= 15 is 0 Å². The van der Waals surface area contributed by atoms with E-state index in [9.17, 15) is 9.59 Å². The first kappa shape index (κ1) is 9.74. The Hall–Kier alpha value is -1.26. The van der Waals surface area contributed by atoms with E-state index in [1.54, 1.807) is 0 Å². The first-order valence-electron chi connectivity index (χ1n) is 3.24. The van der Waals surface area contributed by atoms with Crippen LogP contribution in [0.4, 0.5) is 4.79 Å². The smallest absolute Gasteiger partial charge is 0.407 e. The van der Waals surface area contributed by atoms with Gasteiger partial charge in [-0.1, -0.05) is 6.92 Å². The van der Waals surface area contributed by atoms with Crippen LogP contribution in [0, 0.1) is 0 Å². The molecule has 0 aromatic carbocycles. The minimum absolute atomic E-state index is 0.322. The quantitative estimate of drug-likeness (QED) is 0.477. The van der Waals surface area contributed by atoms with Crippen molar-refractivity contribution in [2.45, 2.75) is 19.8 Å². The normalized spacial score (nSPS) is 8.82. The van der Waals surface area contributed by atoms with Gasteiger partial charge in [0.05, 0.1) is 0 Å². The van der Waals surface area contributed by atoms with Crippen molar-refractivity contribution in [1.82, 2.24) is 0 Å². The molecule has 0 radical (unpaired) electrons. The highest BCUT2D eigenvalue weighted by molar-refractivity contribution is 5.69. The van der Waals surface area contributed by atoms with Crippen LogP contribution in [0.25, 0.3) is 0 Å². The van der Waals surface area contributed by atoms with E-state index in [-0.39, 0.29) is 0 Å². The lowest BCUT2D eigenvalue weighted by Gasteiger charge is -2.01. The van der Waals surface area contributed by atoms with Gasteiger partial charge in [0.15, 0.2) is 0 Å². The number of hydrogen-bond donors (Lipinski definition) is 1. The number of rotatable bonds is 4. The first-order valence-corrected chi connectivity index (χ1v) is 3.24. The fourth-order valence-corrected chi connectivity index (χ4v) is 0.430. The molecule has 0 saturated heterocycles. The molecule has 1 amide bonds. The number of carbonyl (C=O) groups excluding carboxylic acids is 2. The zero-order chi connectivity index (χ0) is 8.69. The minimum Gasteiger partial charge on any atom is -0.428 e. The summed E-state index contributed by atoms with van der Waals surface area (Å²) < 4.78 is 8.59. The summed E-state index contributed by atoms with van der Waals surface area (Å²) in [5, 5.41) is 0. The van der Waals surface area contributed by atoms with Crippen molar-refractivity contribution in [3.8, 4) is 0 Å². The number of ether oxygens (including phenoxy) is 2. The van der Waals surface area contributed by atoms with E-state index in [0.717, 1.165) is 0 Å². The van der Waals surface area contributed by atoms with Gasteiger partial charge in [-0.05, 0) is 6.42 Å². The molecule has 0 aliphatic carbocycles. The maximum absolute atomic E-state index is 10.6. The largest absolute Gasteiger partial charge is 0.428 e. The van der Waals surface area contributed by atoms with Crippen LogP contribution in [-0.2, 0) is 14.3 Å². The van der Waals surface area contributed by atoms with Crippen molar-refractivity contribution in [2.75, 3.05) is 6.79 Å². The Kier molecular flexibility index (Phi) is 4.89. The number of carbonyl (C=O) groups is 2. The summed E-state index contributed by atoms with van der Waals surface area (Å²) >= 11 is 0. The molecule has 0 bridgehead atoms. The Labute approximate surface area is 64.5 Å². The zero-order valence-electron chi connectivity index (χ0n) is 6.33. The van der Waals surface area contributed by atoms with Gasteiger partial charge >= 0.3 is 12.1 Å². The van der Waals surface area contributed by atoms with Gasteiger partial charge in [-0.15, -0.1) is 0 Å². The van der Waals surface area contributed by atoms with Gasteiger partial charge < -0.3 is 15.2 Å². The Bertz CT molecular complexity index is 146. The highest BCUT2D eigenvalue weighted by Gasteiger charge is 2.00. The second kappa shape index (κ2) is 5.52. The van der Waals surface area contributed by atoms with Gasteiger partial charge in [-0.25, -0.2) is 4.79 Å². The summed E-state index contributed by atoms with van der Waals surface area (Å²) in [6.07, 6.45) is 0.0756. The maximum atomic E-state index is 10.6. The molecule has 0 atom stereocenters. The molecular formula is C6H11NO4. The molecule has 0 saturated carbocycles. The van der Waals surface area contributed by atoms with Crippen molar-refractivity contribution in [3.63, 3.8) is 0 Å². The van der Waals surface area contributed by atoms with E-state index < -0.39 is 18.9 Å². The molecule has 0 aliphatic rings. The summed E-state index contributed by atoms with van der Waals surface area (Å²) in [5.74, 6) is -0.395. The van der Waals surface area contributed by atoms with Crippen LogP contribution < -0.4 is 5.73 Å². The van der Waals surface area contributed by atoms with E-state index in [1.165, 1.54) is 0 Å². The van der Waals surface area contributed by atoms with Crippen LogP contribution in [0.15, 0.2) is 0 Å². The Morgan fingerprint density at radius 3 is 2.45 bits per heavy atom. The van der Waals surface area contributed by atoms with Crippen molar-refractivity contribution >= 4 is 12.1 Å². The lowest BCUT2D eigenvalue weighted by molar-refractivity contribution is -0.151. The third-order valence-corrected chi connectivity index (χ3v) is 0.875. The molecule has 11 heavy (non-hydrogen) atoms. The van der Waals surface area contributed by atoms with Crippen LogP contribution in [-0.4, -0.2) is 18.9 Å². The van der Waals surface area contributed by atoms with Gasteiger partial charge in [0.1, 0.15) is 0 Å². The second-order valence-corrected chi connectivity index (χ2v) is 1.85. The molecular weight excluding hydrogens is 150 g/mol.